The standard InChI is InChI=1S/C14H16F2N2O3/c15-9-1-2-10(11(16)7-9)14(4-5-14)8-18-13(21)17-6-3-12(19)20/h1-2,7H,3-6,8H2,(H,19,20)(H2,17,18,21). The van der Waals surface area contributed by atoms with Gasteiger partial charge in [-0.25, -0.2) is 13.6 Å². The number of halogens is 2. The predicted octanol–water partition coefficient (Wildman–Crippen LogP) is 1.77. The number of carbonyl (C=O) groups excluding carboxylic acids is 1. The van der Waals surface area contributed by atoms with Gasteiger partial charge in [-0.3, -0.25) is 4.79 Å². The van der Waals surface area contributed by atoms with Gasteiger partial charge in [0.1, 0.15) is 11.6 Å². The predicted molar refractivity (Wildman–Crippen MR) is 70.9 cm³/mol. The fourth-order valence-corrected chi connectivity index (χ4v) is 2.21. The molecule has 0 saturated heterocycles. The van der Waals surface area contributed by atoms with Crippen LogP contribution in [0.1, 0.15) is 24.8 Å². The molecule has 0 aromatic heterocycles. The van der Waals surface area contributed by atoms with Crippen LogP contribution in [0.4, 0.5) is 13.6 Å². The summed E-state index contributed by atoms with van der Waals surface area (Å²) >= 11 is 0. The Morgan fingerprint density at radius 3 is 2.52 bits per heavy atom. The molecule has 7 heteroatoms. The van der Waals surface area contributed by atoms with Crippen molar-refractivity contribution in [2.75, 3.05) is 13.1 Å². The van der Waals surface area contributed by atoms with Crippen molar-refractivity contribution in [2.24, 2.45) is 0 Å². The summed E-state index contributed by atoms with van der Waals surface area (Å²) in [7, 11) is 0. The molecule has 0 aliphatic heterocycles. The smallest absolute Gasteiger partial charge is 0.314 e. The maximum atomic E-state index is 13.8. The summed E-state index contributed by atoms with van der Waals surface area (Å²) in [5.74, 6) is -2.24. The lowest BCUT2D eigenvalue weighted by Crippen LogP contribution is -2.40. The number of aliphatic carboxylic acids is 1. The van der Waals surface area contributed by atoms with Crippen molar-refractivity contribution in [1.82, 2.24) is 10.6 Å². The Hall–Kier alpha value is -2.18. The summed E-state index contributed by atoms with van der Waals surface area (Å²) in [5.41, 5.74) is -0.0863. The molecule has 2 amide bonds. The molecule has 0 radical (unpaired) electrons. The summed E-state index contributed by atoms with van der Waals surface area (Å²) in [4.78, 5) is 21.8. The molecule has 0 heterocycles. The number of nitrogens with one attached hydrogen (secondary N) is 2. The maximum absolute atomic E-state index is 13.8. The molecule has 21 heavy (non-hydrogen) atoms. The molecule has 0 bridgehead atoms. The molecule has 1 aliphatic rings. The van der Waals surface area contributed by atoms with E-state index in [2.05, 4.69) is 10.6 Å². The van der Waals surface area contributed by atoms with Gasteiger partial charge in [-0.1, -0.05) is 6.07 Å². The number of carboxylic acids is 1. The van der Waals surface area contributed by atoms with Gasteiger partial charge in [-0.2, -0.15) is 0 Å². The van der Waals surface area contributed by atoms with Crippen LogP contribution in [0.2, 0.25) is 0 Å². The third-order valence-electron chi connectivity index (χ3n) is 3.57. The maximum Gasteiger partial charge on any atom is 0.314 e. The molecule has 0 spiro atoms. The van der Waals surface area contributed by atoms with Gasteiger partial charge in [0.15, 0.2) is 0 Å². The Bertz CT molecular complexity index is 559. The van der Waals surface area contributed by atoms with Crippen LogP contribution < -0.4 is 10.6 Å². The molecule has 1 aromatic carbocycles. The van der Waals surface area contributed by atoms with E-state index in [0.29, 0.717) is 18.4 Å². The highest BCUT2D eigenvalue weighted by atomic mass is 19.1. The van der Waals surface area contributed by atoms with E-state index in [1.165, 1.54) is 12.1 Å². The van der Waals surface area contributed by atoms with Crippen LogP contribution >= 0.6 is 0 Å². The van der Waals surface area contributed by atoms with Gasteiger partial charge in [0.05, 0.1) is 6.42 Å². The van der Waals surface area contributed by atoms with Crippen LogP contribution in [-0.4, -0.2) is 30.2 Å². The summed E-state index contributed by atoms with van der Waals surface area (Å²) in [6.07, 6.45) is 1.26. The Morgan fingerprint density at radius 1 is 1.24 bits per heavy atom. The van der Waals surface area contributed by atoms with Crippen LogP contribution in [0, 0.1) is 11.6 Å². The Morgan fingerprint density at radius 2 is 1.95 bits per heavy atom. The van der Waals surface area contributed by atoms with Crippen LogP contribution in [0.25, 0.3) is 0 Å². The number of benzene rings is 1. The second-order valence-corrected chi connectivity index (χ2v) is 5.16. The number of amides is 2. The Balaban J connectivity index is 1.87. The zero-order valence-corrected chi connectivity index (χ0v) is 11.3. The highest BCUT2D eigenvalue weighted by Crippen LogP contribution is 2.48. The normalized spacial score (nSPS) is 15.3. The largest absolute Gasteiger partial charge is 0.481 e. The number of carboxylic acid groups (broad SMARTS) is 1. The molecule has 3 N–H and O–H groups in total. The van der Waals surface area contributed by atoms with Gasteiger partial charge in [0, 0.05) is 24.6 Å². The third kappa shape index (κ3) is 3.90. The Kier molecular flexibility index (Phi) is 4.40. The van der Waals surface area contributed by atoms with E-state index in [1.54, 1.807) is 0 Å². The van der Waals surface area contributed by atoms with Gasteiger partial charge >= 0.3 is 12.0 Å². The van der Waals surface area contributed by atoms with E-state index in [-0.39, 0.29) is 19.5 Å². The van der Waals surface area contributed by atoms with Crippen molar-refractivity contribution in [3.8, 4) is 0 Å². The summed E-state index contributed by atoms with van der Waals surface area (Å²) in [6.45, 7) is 0.257. The van der Waals surface area contributed by atoms with Crippen molar-refractivity contribution in [2.45, 2.75) is 24.7 Å². The van der Waals surface area contributed by atoms with Gasteiger partial charge in [0.2, 0.25) is 0 Å². The molecule has 5 nitrogen and oxygen atoms in total. The number of hydrogen-bond donors (Lipinski definition) is 3. The molecule has 1 aliphatic carbocycles. The number of urea groups is 1. The molecule has 114 valence electrons. The van der Waals surface area contributed by atoms with Crippen molar-refractivity contribution in [3.05, 3.63) is 35.4 Å². The fourth-order valence-electron chi connectivity index (χ4n) is 2.21. The lowest BCUT2D eigenvalue weighted by molar-refractivity contribution is -0.136. The van der Waals surface area contributed by atoms with E-state index >= 15 is 0 Å². The van der Waals surface area contributed by atoms with E-state index < -0.39 is 29.0 Å². The average molecular weight is 298 g/mol. The van der Waals surface area contributed by atoms with E-state index in [9.17, 15) is 18.4 Å². The molecule has 1 fully saturated rings. The van der Waals surface area contributed by atoms with Crippen molar-refractivity contribution < 1.29 is 23.5 Å². The lowest BCUT2D eigenvalue weighted by atomic mass is 9.95. The molecule has 1 saturated carbocycles. The zero-order chi connectivity index (χ0) is 15.5. The minimum Gasteiger partial charge on any atom is -0.481 e. The lowest BCUT2D eigenvalue weighted by Gasteiger charge is -2.17. The van der Waals surface area contributed by atoms with Crippen molar-refractivity contribution in [1.29, 1.82) is 0 Å². The van der Waals surface area contributed by atoms with Crippen LogP contribution in [-0.2, 0) is 10.2 Å². The minimum atomic E-state index is -0.998. The van der Waals surface area contributed by atoms with E-state index in [4.69, 9.17) is 5.11 Å². The van der Waals surface area contributed by atoms with Crippen LogP contribution in [0.15, 0.2) is 18.2 Å². The molecular formula is C14H16F2N2O3. The fraction of sp³-hybridized carbons (Fsp3) is 0.429. The number of hydrogen-bond acceptors (Lipinski definition) is 2. The first-order valence-corrected chi connectivity index (χ1v) is 6.62. The second kappa shape index (κ2) is 6.07. The van der Waals surface area contributed by atoms with E-state index in [1.807, 2.05) is 0 Å². The summed E-state index contributed by atoms with van der Waals surface area (Å²) < 4.78 is 26.7. The highest BCUT2D eigenvalue weighted by Gasteiger charge is 2.46. The van der Waals surface area contributed by atoms with Crippen LogP contribution in [0.3, 0.4) is 0 Å². The minimum absolute atomic E-state index is 0.0269. The first-order valence-electron chi connectivity index (χ1n) is 6.62. The molecule has 1 aromatic rings. The van der Waals surface area contributed by atoms with Gasteiger partial charge in [0.25, 0.3) is 0 Å². The summed E-state index contributed by atoms with van der Waals surface area (Å²) in [5, 5.41) is 13.5. The molecule has 2 rings (SSSR count). The average Bonchev–Trinajstić information content (AvgIpc) is 3.17. The SMILES string of the molecule is O=C(O)CCNC(=O)NCC1(c2ccc(F)cc2F)CC1. The first kappa shape index (κ1) is 15.2. The molecule has 0 unspecified atom stereocenters. The van der Waals surface area contributed by atoms with Crippen molar-refractivity contribution in [3.63, 3.8) is 0 Å². The second-order valence-electron chi connectivity index (χ2n) is 5.16. The quantitative estimate of drug-likeness (QED) is 0.749. The molecule has 0 atom stereocenters. The first-order chi connectivity index (χ1) is 9.93. The van der Waals surface area contributed by atoms with Gasteiger partial charge < -0.3 is 15.7 Å². The van der Waals surface area contributed by atoms with Gasteiger partial charge in [-0.15, -0.1) is 0 Å². The number of rotatable bonds is 6. The van der Waals surface area contributed by atoms with Crippen molar-refractivity contribution >= 4 is 12.0 Å². The zero-order valence-electron chi connectivity index (χ0n) is 11.3. The molecular weight excluding hydrogens is 282 g/mol. The highest BCUT2D eigenvalue weighted by molar-refractivity contribution is 5.75. The monoisotopic (exact) mass is 298 g/mol. The number of carbonyl (C=O) groups is 2. The third-order valence-corrected chi connectivity index (χ3v) is 3.57. The van der Waals surface area contributed by atoms with Gasteiger partial charge in [-0.05, 0) is 24.5 Å². The van der Waals surface area contributed by atoms with Crippen LogP contribution in [0.5, 0.6) is 0 Å². The summed E-state index contributed by atoms with van der Waals surface area (Å²) in [6, 6.07) is 2.94. The Labute approximate surface area is 120 Å². The topological polar surface area (TPSA) is 78.4 Å². The van der Waals surface area contributed by atoms with E-state index in [0.717, 1.165) is 6.07 Å².